The van der Waals surface area contributed by atoms with Crippen LogP contribution in [0.2, 0.25) is 0 Å². The van der Waals surface area contributed by atoms with Crippen LogP contribution in [-0.4, -0.2) is 15.7 Å². The van der Waals surface area contributed by atoms with E-state index in [0.29, 0.717) is 6.61 Å². The van der Waals surface area contributed by atoms with Crippen molar-refractivity contribution < 1.29 is 14.5 Å². The summed E-state index contributed by atoms with van der Waals surface area (Å²) in [5.41, 5.74) is 3.76. The highest BCUT2D eigenvalue weighted by Gasteiger charge is 2.10. The second-order valence-electron chi connectivity index (χ2n) is 6.60. The molecule has 0 aliphatic heterocycles. The molecule has 0 aliphatic carbocycles. The van der Waals surface area contributed by atoms with Crippen LogP contribution in [-0.2, 0) is 6.61 Å². The number of carbonyl (C=O) groups is 1. The van der Waals surface area contributed by atoms with Gasteiger partial charge in [0.25, 0.3) is 5.69 Å². The van der Waals surface area contributed by atoms with Gasteiger partial charge in [0.15, 0.2) is 5.78 Å². The standard InChI is InChI=1S/C23H20N2O4/c1-16-12-18(9-10-22(26)19-6-5-8-21(14-19)25(27)28)13-17(2)23(16)29-15-20-7-3-4-11-24-20/h3-14H,15H2,1-2H3/b10-9+. The van der Waals surface area contributed by atoms with Gasteiger partial charge in [-0.25, -0.2) is 0 Å². The fourth-order valence-electron chi connectivity index (χ4n) is 2.98. The molecule has 1 heterocycles. The highest BCUT2D eigenvalue weighted by atomic mass is 16.6. The van der Waals surface area contributed by atoms with Crippen LogP contribution in [0.25, 0.3) is 6.08 Å². The SMILES string of the molecule is Cc1cc(/C=C/C(=O)c2cccc([N+](=O)[O-])c2)cc(C)c1OCc1ccccn1. The Morgan fingerprint density at radius 1 is 1.10 bits per heavy atom. The first-order valence-electron chi connectivity index (χ1n) is 9.05. The summed E-state index contributed by atoms with van der Waals surface area (Å²) in [6, 6.07) is 15.2. The van der Waals surface area contributed by atoms with Crippen molar-refractivity contribution >= 4 is 17.5 Å². The summed E-state index contributed by atoms with van der Waals surface area (Å²) < 4.78 is 5.92. The van der Waals surface area contributed by atoms with Gasteiger partial charge in [0.05, 0.1) is 10.6 Å². The predicted molar refractivity (Wildman–Crippen MR) is 111 cm³/mol. The quantitative estimate of drug-likeness (QED) is 0.244. The normalized spacial score (nSPS) is 10.8. The van der Waals surface area contributed by atoms with Gasteiger partial charge in [-0.3, -0.25) is 19.9 Å². The van der Waals surface area contributed by atoms with E-state index in [1.807, 2.05) is 44.2 Å². The Morgan fingerprint density at radius 2 is 1.86 bits per heavy atom. The first kappa shape index (κ1) is 19.9. The number of rotatable bonds is 7. The minimum atomic E-state index is -0.517. The number of pyridine rings is 1. The zero-order chi connectivity index (χ0) is 20.8. The van der Waals surface area contributed by atoms with E-state index in [1.165, 1.54) is 24.3 Å². The van der Waals surface area contributed by atoms with Crippen molar-refractivity contribution in [3.8, 4) is 5.75 Å². The minimum Gasteiger partial charge on any atom is -0.487 e. The Balaban J connectivity index is 1.73. The van der Waals surface area contributed by atoms with Gasteiger partial charge in [-0.15, -0.1) is 0 Å². The molecule has 0 aliphatic rings. The van der Waals surface area contributed by atoms with Crippen LogP contribution < -0.4 is 4.74 Å². The number of aryl methyl sites for hydroxylation is 2. The summed E-state index contributed by atoms with van der Waals surface area (Å²) in [7, 11) is 0. The fourth-order valence-corrected chi connectivity index (χ4v) is 2.98. The van der Waals surface area contributed by atoms with Crippen LogP contribution in [0, 0.1) is 24.0 Å². The van der Waals surface area contributed by atoms with E-state index in [-0.39, 0.29) is 17.0 Å². The molecule has 0 spiro atoms. The maximum Gasteiger partial charge on any atom is 0.270 e. The molecule has 0 unspecified atom stereocenters. The topological polar surface area (TPSA) is 82.3 Å². The third kappa shape index (κ3) is 5.13. The van der Waals surface area contributed by atoms with Gasteiger partial charge in [0.1, 0.15) is 12.4 Å². The molecule has 0 atom stereocenters. The van der Waals surface area contributed by atoms with Gasteiger partial charge < -0.3 is 4.74 Å². The first-order chi connectivity index (χ1) is 13.9. The van der Waals surface area contributed by atoms with Crippen LogP contribution in [0.1, 0.15) is 32.7 Å². The number of hydrogen-bond acceptors (Lipinski definition) is 5. The molecule has 3 rings (SSSR count). The number of ether oxygens (including phenoxy) is 1. The lowest BCUT2D eigenvalue weighted by Gasteiger charge is -2.13. The second-order valence-corrected chi connectivity index (χ2v) is 6.60. The molecule has 0 saturated heterocycles. The van der Waals surface area contributed by atoms with E-state index in [4.69, 9.17) is 4.74 Å². The molecule has 146 valence electrons. The van der Waals surface area contributed by atoms with Crippen molar-refractivity contribution in [2.24, 2.45) is 0 Å². The maximum atomic E-state index is 12.3. The van der Waals surface area contributed by atoms with Crippen LogP contribution >= 0.6 is 0 Å². The lowest BCUT2D eigenvalue weighted by atomic mass is 10.0. The van der Waals surface area contributed by atoms with Crippen molar-refractivity contribution in [2.75, 3.05) is 0 Å². The molecule has 0 saturated carbocycles. The van der Waals surface area contributed by atoms with Gasteiger partial charge in [-0.05, 0) is 60.9 Å². The second kappa shape index (κ2) is 8.93. The molecule has 0 fully saturated rings. The molecule has 6 nitrogen and oxygen atoms in total. The fraction of sp³-hybridized carbons (Fsp3) is 0.130. The largest absolute Gasteiger partial charge is 0.487 e. The molecule has 0 bridgehead atoms. The number of allylic oxidation sites excluding steroid dienone is 1. The number of nitrogens with zero attached hydrogens (tertiary/aromatic N) is 2. The number of carbonyl (C=O) groups excluding carboxylic acids is 1. The van der Waals surface area contributed by atoms with Gasteiger partial charge >= 0.3 is 0 Å². The van der Waals surface area contributed by atoms with E-state index in [9.17, 15) is 14.9 Å². The number of aromatic nitrogens is 1. The van der Waals surface area contributed by atoms with Gasteiger partial charge in [-0.2, -0.15) is 0 Å². The van der Waals surface area contributed by atoms with E-state index in [2.05, 4.69) is 4.98 Å². The number of nitro benzene ring substituents is 1. The Labute approximate surface area is 168 Å². The number of non-ortho nitro benzene ring substituents is 1. The summed E-state index contributed by atoms with van der Waals surface area (Å²) in [6.45, 7) is 4.27. The zero-order valence-electron chi connectivity index (χ0n) is 16.2. The van der Waals surface area contributed by atoms with Crippen molar-refractivity contribution in [2.45, 2.75) is 20.5 Å². The Bertz CT molecular complexity index is 1050. The summed E-state index contributed by atoms with van der Waals surface area (Å²) in [4.78, 5) is 26.9. The van der Waals surface area contributed by atoms with Gasteiger partial charge in [0.2, 0.25) is 0 Å². The molecular weight excluding hydrogens is 368 g/mol. The lowest BCUT2D eigenvalue weighted by molar-refractivity contribution is -0.384. The molecule has 0 amide bonds. The van der Waals surface area contributed by atoms with E-state index in [0.717, 1.165) is 28.1 Å². The van der Waals surface area contributed by atoms with Crippen molar-refractivity contribution in [3.63, 3.8) is 0 Å². The molecule has 0 radical (unpaired) electrons. The average molecular weight is 388 g/mol. The van der Waals surface area contributed by atoms with Crippen molar-refractivity contribution in [3.05, 3.63) is 105 Å². The Hall–Kier alpha value is -3.80. The number of hydrogen-bond donors (Lipinski definition) is 0. The van der Waals surface area contributed by atoms with Crippen LogP contribution in [0.3, 0.4) is 0 Å². The smallest absolute Gasteiger partial charge is 0.270 e. The summed E-state index contributed by atoms with van der Waals surface area (Å²) >= 11 is 0. The number of ketones is 1. The first-order valence-corrected chi connectivity index (χ1v) is 9.05. The summed E-state index contributed by atoms with van der Waals surface area (Å²) in [5, 5.41) is 10.9. The van der Waals surface area contributed by atoms with Crippen molar-refractivity contribution in [1.29, 1.82) is 0 Å². The van der Waals surface area contributed by atoms with E-state index in [1.54, 1.807) is 18.3 Å². The van der Waals surface area contributed by atoms with Crippen LogP contribution in [0.15, 0.2) is 66.9 Å². The number of nitro groups is 1. The molecule has 1 aromatic heterocycles. The van der Waals surface area contributed by atoms with Gasteiger partial charge in [0, 0.05) is 23.9 Å². The predicted octanol–water partition coefficient (Wildman–Crippen LogP) is 5.08. The minimum absolute atomic E-state index is 0.106. The van der Waals surface area contributed by atoms with Gasteiger partial charge in [-0.1, -0.05) is 24.3 Å². The third-order valence-electron chi connectivity index (χ3n) is 4.34. The van der Waals surface area contributed by atoms with Crippen molar-refractivity contribution in [1.82, 2.24) is 4.98 Å². The van der Waals surface area contributed by atoms with E-state index < -0.39 is 4.92 Å². The molecule has 3 aromatic rings. The Kier molecular flexibility index (Phi) is 6.14. The monoisotopic (exact) mass is 388 g/mol. The average Bonchev–Trinajstić information content (AvgIpc) is 2.72. The highest BCUT2D eigenvalue weighted by molar-refractivity contribution is 6.07. The zero-order valence-corrected chi connectivity index (χ0v) is 16.2. The molecule has 29 heavy (non-hydrogen) atoms. The molecule has 2 aromatic carbocycles. The number of benzene rings is 2. The third-order valence-corrected chi connectivity index (χ3v) is 4.34. The molecular formula is C23H20N2O4. The summed E-state index contributed by atoms with van der Waals surface area (Å²) in [5.74, 6) is 0.497. The van der Waals surface area contributed by atoms with Crippen LogP contribution in [0.5, 0.6) is 5.75 Å². The summed E-state index contributed by atoms with van der Waals surface area (Å²) in [6.07, 6.45) is 4.84. The maximum absolute atomic E-state index is 12.3. The van der Waals surface area contributed by atoms with Crippen LogP contribution in [0.4, 0.5) is 5.69 Å². The Morgan fingerprint density at radius 3 is 2.52 bits per heavy atom. The lowest BCUT2D eigenvalue weighted by Crippen LogP contribution is -2.01. The molecule has 0 N–H and O–H groups in total. The molecule has 6 heteroatoms. The highest BCUT2D eigenvalue weighted by Crippen LogP contribution is 2.26. The van der Waals surface area contributed by atoms with E-state index >= 15 is 0 Å².